The minimum atomic E-state index is -0.308. The van der Waals surface area contributed by atoms with Crippen molar-refractivity contribution in [3.63, 3.8) is 0 Å². The van der Waals surface area contributed by atoms with Crippen molar-refractivity contribution in [2.75, 3.05) is 26.8 Å². The Morgan fingerprint density at radius 2 is 2.07 bits per heavy atom. The van der Waals surface area contributed by atoms with Crippen molar-refractivity contribution in [1.29, 1.82) is 0 Å². The van der Waals surface area contributed by atoms with Crippen LogP contribution in [0.4, 0.5) is 4.79 Å². The topological polar surface area (TPSA) is 98.1 Å². The van der Waals surface area contributed by atoms with Gasteiger partial charge in [-0.25, -0.2) is 9.31 Å². The molecule has 1 aliphatic rings. The van der Waals surface area contributed by atoms with Crippen molar-refractivity contribution in [1.82, 2.24) is 24.8 Å². The zero-order chi connectivity index (χ0) is 21.1. The molecule has 1 aliphatic heterocycles. The lowest BCUT2D eigenvalue weighted by atomic mass is 10.2. The average molecular weight is 430 g/mol. The highest BCUT2D eigenvalue weighted by atomic mass is 32.1. The minimum Gasteiger partial charge on any atom is -0.497 e. The van der Waals surface area contributed by atoms with Crippen molar-refractivity contribution >= 4 is 28.3 Å². The van der Waals surface area contributed by atoms with Crippen LogP contribution in [0.15, 0.2) is 24.3 Å². The van der Waals surface area contributed by atoms with E-state index in [2.05, 4.69) is 15.4 Å². The van der Waals surface area contributed by atoms with Gasteiger partial charge in [-0.05, 0) is 31.2 Å². The van der Waals surface area contributed by atoms with Crippen molar-refractivity contribution in [3.05, 3.63) is 34.8 Å². The number of methoxy groups -OCH3 is 1. The number of aromatic nitrogens is 3. The molecule has 0 aliphatic carbocycles. The van der Waals surface area contributed by atoms with Gasteiger partial charge in [0.25, 0.3) is 0 Å². The number of carbonyl (C=O) groups excluding carboxylic acids is 2. The summed E-state index contributed by atoms with van der Waals surface area (Å²) in [6.45, 7) is 3.46. The highest BCUT2D eigenvalue weighted by molar-refractivity contribution is 7.17. The van der Waals surface area contributed by atoms with Gasteiger partial charge in [-0.1, -0.05) is 11.3 Å². The number of ether oxygens (including phenoxy) is 2. The van der Waals surface area contributed by atoms with Gasteiger partial charge >= 0.3 is 12.0 Å². The SMILES string of the molecule is CCOC(=O)CCNC(=O)N1CCc2c(sc3nc(-c4ccc(OC)cc4)nn23)C1. The van der Waals surface area contributed by atoms with Gasteiger partial charge in [-0.2, -0.15) is 4.98 Å². The lowest BCUT2D eigenvalue weighted by Gasteiger charge is -2.26. The van der Waals surface area contributed by atoms with Gasteiger partial charge in [0.05, 0.1) is 32.4 Å². The van der Waals surface area contributed by atoms with E-state index in [0.29, 0.717) is 31.9 Å². The average Bonchev–Trinajstić information content (AvgIpc) is 3.31. The Bertz CT molecular complexity index is 1060. The molecule has 2 amide bonds. The Morgan fingerprint density at radius 3 is 2.80 bits per heavy atom. The maximum absolute atomic E-state index is 12.4. The van der Waals surface area contributed by atoms with Crippen molar-refractivity contribution in [3.8, 4) is 17.1 Å². The van der Waals surface area contributed by atoms with Gasteiger partial charge < -0.3 is 19.7 Å². The first kappa shape index (κ1) is 20.1. The number of fused-ring (bicyclic) bond motifs is 3. The van der Waals surface area contributed by atoms with Gasteiger partial charge in [0, 0.05) is 30.0 Å². The molecule has 0 fully saturated rings. The van der Waals surface area contributed by atoms with Crippen LogP contribution in [-0.2, 0) is 22.5 Å². The highest BCUT2D eigenvalue weighted by Gasteiger charge is 2.26. The molecule has 2 aromatic heterocycles. The number of esters is 1. The van der Waals surface area contributed by atoms with Crippen molar-refractivity contribution < 1.29 is 19.1 Å². The predicted molar refractivity (Wildman–Crippen MR) is 112 cm³/mol. The van der Waals surface area contributed by atoms with E-state index in [9.17, 15) is 9.59 Å². The van der Waals surface area contributed by atoms with E-state index < -0.39 is 0 Å². The molecule has 0 spiro atoms. The molecule has 0 saturated carbocycles. The van der Waals surface area contributed by atoms with Gasteiger partial charge in [0.15, 0.2) is 5.82 Å². The molecule has 10 heteroatoms. The number of amides is 2. The number of hydrogen-bond donors (Lipinski definition) is 1. The number of urea groups is 1. The second kappa shape index (κ2) is 8.70. The van der Waals surface area contributed by atoms with Crippen LogP contribution < -0.4 is 10.1 Å². The van der Waals surface area contributed by atoms with E-state index in [0.717, 1.165) is 26.8 Å². The number of nitrogens with one attached hydrogen (secondary N) is 1. The summed E-state index contributed by atoms with van der Waals surface area (Å²) >= 11 is 1.55. The molecule has 3 aromatic rings. The fourth-order valence-corrected chi connectivity index (χ4v) is 4.46. The summed E-state index contributed by atoms with van der Waals surface area (Å²) in [6.07, 6.45) is 0.871. The minimum absolute atomic E-state index is 0.170. The Labute approximate surface area is 177 Å². The molecule has 4 rings (SSSR count). The van der Waals surface area contributed by atoms with Crippen LogP contribution in [0.25, 0.3) is 16.3 Å². The third-order valence-electron chi connectivity index (χ3n) is 4.87. The number of hydrogen-bond acceptors (Lipinski definition) is 7. The maximum Gasteiger partial charge on any atom is 0.317 e. The first-order valence-electron chi connectivity index (χ1n) is 9.79. The molecule has 0 unspecified atom stereocenters. The van der Waals surface area contributed by atoms with E-state index in [1.807, 2.05) is 28.8 Å². The zero-order valence-corrected chi connectivity index (χ0v) is 17.7. The predicted octanol–water partition coefficient (Wildman–Crippen LogP) is 2.49. The zero-order valence-electron chi connectivity index (χ0n) is 16.9. The normalized spacial score (nSPS) is 13.2. The van der Waals surface area contributed by atoms with Crippen LogP contribution in [0.3, 0.4) is 0 Å². The number of rotatable bonds is 6. The van der Waals surface area contributed by atoms with Crippen LogP contribution in [0, 0.1) is 0 Å². The molecule has 0 bridgehead atoms. The van der Waals surface area contributed by atoms with Crippen molar-refractivity contribution in [2.24, 2.45) is 0 Å². The summed E-state index contributed by atoms with van der Waals surface area (Å²) in [4.78, 5) is 32.1. The molecule has 158 valence electrons. The molecule has 3 heterocycles. The number of nitrogens with zero attached hydrogens (tertiary/aromatic N) is 4. The highest BCUT2D eigenvalue weighted by Crippen LogP contribution is 2.30. The second-order valence-electron chi connectivity index (χ2n) is 6.79. The molecule has 0 radical (unpaired) electrons. The fourth-order valence-electron chi connectivity index (χ4n) is 3.34. The molecule has 0 saturated heterocycles. The number of thiazole rings is 1. The lowest BCUT2D eigenvalue weighted by Crippen LogP contribution is -2.43. The molecule has 1 N–H and O–H groups in total. The summed E-state index contributed by atoms with van der Waals surface area (Å²) in [5.74, 6) is 1.15. The van der Waals surface area contributed by atoms with Crippen LogP contribution in [0.5, 0.6) is 5.75 Å². The lowest BCUT2D eigenvalue weighted by molar-refractivity contribution is -0.142. The quantitative estimate of drug-likeness (QED) is 0.605. The van der Waals surface area contributed by atoms with Crippen LogP contribution >= 0.6 is 11.3 Å². The molecule has 1 aromatic carbocycles. The summed E-state index contributed by atoms with van der Waals surface area (Å²) in [7, 11) is 1.64. The van der Waals surface area contributed by atoms with E-state index in [1.54, 1.807) is 30.3 Å². The van der Waals surface area contributed by atoms with Crippen LogP contribution in [0.2, 0.25) is 0 Å². The monoisotopic (exact) mass is 429 g/mol. The third kappa shape index (κ3) is 4.09. The Balaban J connectivity index is 1.42. The van der Waals surface area contributed by atoms with Crippen LogP contribution in [0.1, 0.15) is 23.9 Å². The Morgan fingerprint density at radius 1 is 1.27 bits per heavy atom. The Kier molecular flexibility index (Phi) is 5.84. The Hall–Kier alpha value is -3.14. The van der Waals surface area contributed by atoms with Gasteiger partial charge in [0.2, 0.25) is 4.96 Å². The van der Waals surface area contributed by atoms with E-state index >= 15 is 0 Å². The van der Waals surface area contributed by atoms with Crippen LogP contribution in [-0.4, -0.2) is 58.3 Å². The number of benzene rings is 1. The summed E-state index contributed by atoms with van der Waals surface area (Å²) in [5.41, 5.74) is 2.02. The second-order valence-corrected chi connectivity index (χ2v) is 7.85. The van der Waals surface area contributed by atoms with E-state index in [1.165, 1.54) is 0 Å². The first-order valence-corrected chi connectivity index (χ1v) is 10.6. The summed E-state index contributed by atoms with van der Waals surface area (Å²) in [5, 5.41) is 7.46. The first-order chi connectivity index (χ1) is 14.6. The summed E-state index contributed by atoms with van der Waals surface area (Å²) in [6, 6.07) is 7.47. The summed E-state index contributed by atoms with van der Waals surface area (Å²) < 4.78 is 11.9. The molecule has 9 nitrogen and oxygen atoms in total. The third-order valence-corrected chi connectivity index (χ3v) is 5.93. The largest absolute Gasteiger partial charge is 0.497 e. The van der Waals surface area contributed by atoms with Gasteiger partial charge in [-0.15, -0.1) is 5.10 Å². The van der Waals surface area contributed by atoms with E-state index in [4.69, 9.17) is 9.47 Å². The molecular formula is C20H23N5O4S. The molecule has 0 atom stereocenters. The molecular weight excluding hydrogens is 406 g/mol. The van der Waals surface area contributed by atoms with Crippen molar-refractivity contribution in [2.45, 2.75) is 26.3 Å². The maximum atomic E-state index is 12.4. The number of carbonyl (C=O) groups is 2. The van der Waals surface area contributed by atoms with Gasteiger partial charge in [-0.3, -0.25) is 4.79 Å². The molecule has 30 heavy (non-hydrogen) atoms. The van der Waals surface area contributed by atoms with Gasteiger partial charge in [0.1, 0.15) is 5.75 Å². The fraction of sp³-hybridized carbons (Fsp3) is 0.400. The van der Waals surface area contributed by atoms with E-state index in [-0.39, 0.29) is 25.0 Å². The smallest absolute Gasteiger partial charge is 0.317 e. The standard InChI is InChI=1S/C20H23N5O4S/c1-3-29-17(26)8-10-21-19(27)24-11-9-15-16(12-24)30-20-22-18(23-25(15)20)13-4-6-14(28-2)7-5-13/h4-7H,3,8-12H2,1-2H3,(H,21,27).